The molecule has 0 aliphatic rings. The molecule has 1 amide bonds. The molecule has 0 spiro atoms. The van der Waals surface area contributed by atoms with Gasteiger partial charge in [-0.3, -0.25) is 4.79 Å². The predicted molar refractivity (Wildman–Crippen MR) is 74.8 cm³/mol. The first-order valence-corrected chi connectivity index (χ1v) is 6.11. The molecule has 1 atom stereocenters. The van der Waals surface area contributed by atoms with Crippen molar-refractivity contribution in [1.29, 1.82) is 0 Å². The van der Waals surface area contributed by atoms with Crippen LogP contribution in [0.25, 0.3) is 0 Å². The van der Waals surface area contributed by atoms with Crippen LogP contribution in [0.4, 0.5) is 0 Å². The number of halogens is 2. The van der Waals surface area contributed by atoms with Gasteiger partial charge in [0.05, 0.1) is 20.6 Å². The second kappa shape index (κ2) is 6.19. The molecule has 0 saturated heterocycles. The molecule has 3 N–H and O–H groups in total. The molecule has 1 aromatic carbocycles. The van der Waals surface area contributed by atoms with E-state index in [-0.39, 0.29) is 17.5 Å². The number of hydrogen-bond donors (Lipinski definition) is 2. The molecule has 17 heavy (non-hydrogen) atoms. The first kappa shape index (κ1) is 14.2. The molecule has 0 aromatic heterocycles. The van der Waals surface area contributed by atoms with Crippen molar-refractivity contribution < 1.29 is 4.79 Å². The Kier molecular flexibility index (Phi) is 5.18. The summed E-state index contributed by atoms with van der Waals surface area (Å²) in [6.07, 6.45) is 0.434. The summed E-state index contributed by atoms with van der Waals surface area (Å²) in [5.41, 5.74) is 5.66. The first-order chi connectivity index (χ1) is 7.91. The third kappa shape index (κ3) is 4.15. The number of benzene rings is 1. The Morgan fingerprint density at radius 2 is 2.00 bits per heavy atom. The summed E-state index contributed by atoms with van der Waals surface area (Å²) < 4.78 is 0. The van der Waals surface area contributed by atoms with Crippen LogP contribution in [-0.4, -0.2) is 16.9 Å². The lowest BCUT2D eigenvalue weighted by molar-refractivity contribution is 0.0941. The molecule has 0 aliphatic carbocycles. The molecule has 0 bridgehead atoms. The van der Waals surface area contributed by atoms with Crippen molar-refractivity contribution in [2.75, 3.05) is 0 Å². The van der Waals surface area contributed by atoms with Crippen LogP contribution in [0, 0.1) is 0 Å². The molecule has 3 nitrogen and oxygen atoms in total. The highest BCUT2D eigenvalue weighted by Crippen LogP contribution is 2.24. The maximum atomic E-state index is 11.9. The van der Waals surface area contributed by atoms with E-state index in [0.29, 0.717) is 21.5 Å². The molecular weight excluding hydrogens is 279 g/mol. The number of carbonyl (C=O) groups excluding carboxylic acids is 1. The number of nitrogens with two attached hydrogens (primary N) is 1. The molecule has 1 aromatic rings. The monoisotopic (exact) mass is 290 g/mol. The lowest BCUT2D eigenvalue weighted by Crippen LogP contribution is -2.35. The molecule has 0 heterocycles. The SMILES string of the molecule is CC(CC(N)=S)NC(=O)c1c(Cl)cccc1Cl. The number of amides is 1. The Bertz CT molecular complexity index is 431. The summed E-state index contributed by atoms with van der Waals surface area (Å²) in [5.74, 6) is -0.329. The summed E-state index contributed by atoms with van der Waals surface area (Å²) in [7, 11) is 0. The van der Waals surface area contributed by atoms with Gasteiger partial charge in [0.15, 0.2) is 0 Å². The number of carbonyl (C=O) groups is 1. The Hall–Kier alpha value is -0.840. The van der Waals surface area contributed by atoms with Crippen molar-refractivity contribution in [3.05, 3.63) is 33.8 Å². The van der Waals surface area contributed by atoms with E-state index in [1.165, 1.54) is 0 Å². The van der Waals surface area contributed by atoms with E-state index in [9.17, 15) is 4.79 Å². The highest BCUT2D eigenvalue weighted by Gasteiger charge is 2.16. The van der Waals surface area contributed by atoms with Gasteiger partial charge in [-0.1, -0.05) is 41.5 Å². The first-order valence-electron chi connectivity index (χ1n) is 4.95. The summed E-state index contributed by atoms with van der Waals surface area (Å²) in [6, 6.07) is 4.74. The third-order valence-corrected chi connectivity index (χ3v) is 2.87. The summed E-state index contributed by atoms with van der Waals surface area (Å²) in [6.45, 7) is 1.81. The highest BCUT2D eigenvalue weighted by molar-refractivity contribution is 7.80. The lowest BCUT2D eigenvalue weighted by atomic mass is 10.1. The minimum Gasteiger partial charge on any atom is -0.393 e. The third-order valence-electron chi connectivity index (χ3n) is 2.07. The molecule has 0 fully saturated rings. The van der Waals surface area contributed by atoms with Crippen LogP contribution in [0.2, 0.25) is 10.0 Å². The van der Waals surface area contributed by atoms with Crippen molar-refractivity contribution in [2.45, 2.75) is 19.4 Å². The average Bonchev–Trinajstić information content (AvgIpc) is 2.15. The van der Waals surface area contributed by atoms with E-state index in [0.717, 1.165) is 0 Å². The summed E-state index contributed by atoms with van der Waals surface area (Å²) >= 11 is 16.6. The van der Waals surface area contributed by atoms with Crippen LogP contribution in [0.1, 0.15) is 23.7 Å². The Morgan fingerprint density at radius 3 is 2.47 bits per heavy atom. The molecule has 0 aliphatic heterocycles. The fraction of sp³-hybridized carbons (Fsp3) is 0.273. The summed E-state index contributed by atoms with van der Waals surface area (Å²) in [5, 5.41) is 3.37. The van der Waals surface area contributed by atoms with Gasteiger partial charge in [0.2, 0.25) is 0 Å². The van der Waals surface area contributed by atoms with Gasteiger partial charge in [-0.15, -0.1) is 0 Å². The smallest absolute Gasteiger partial charge is 0.254 e. The molecule has 6 heteroatoms. The molecule has 1 rings (SSSR count). The minimum absolute atomic E-state index is 0.160. The van der Waals surface area contributed by atoms with Crippen LogP contribution in [0.15, 0.2) is 18.2 Å². The number of nitrogens with one attached hydrogen (secondary N) is 1. The lowest BCUT2D eigenvalue weighted by Gasteiger charge is -2.14. The molecule has 0 radical (unpaired) electrons. The zero-order chi connectivity index (χ0) is 13.0. The van der Waals surface area contributed by atoms with Crippen molar-refractivity contribution >= 4 is 46.3 Å². The predicted octanol–water partition coefficient (Wildman–Crippen LogP) is 2.79. The Labute approximate surface area is 115 Å². The molecule has 0 saturated carbocycles. The fourth-order valence-electron chi connectivity index (χ4n) is 1.36. The van der Waals surface area contributed by atoms with Gasteiger partial charge in [-0.05, 0) is 19.1 Å². The molecule has 92 valence electrons. The van der Waals surface area contributed by atoms with E-state index in [4.69, 9.17) is 41.2 Å². The normalized spacial score (nSPS) is 11.9. The molecule has 1 unspecified atom stereocenters. The van der Waals surface area contributed by atoms with Gasteiger partial charge in [0.25, 0.3) is 5.91 Å². The van der Waals surface area contributed by atoms with E-state index < -0.39 is 0 Å². The topological polar surface area (TPSA) is 55.1 Å². The molecular formula is C11H12Cl2N2OS. The fourth-order valence-corrected chi connectivity index (χ4v) is 2.18. The zero-order valence-corrected chi connectivity index (χ0v) is 11.5. The maximum absolute atomic E-state index is 11.9. The van der Waals surface area contributed by atoms with Crippen LogP contribution in [0.3, 0.4) is 0 Å². The number of hydrogen-bond acceptors (Lipinski definition) is 2. The van der Waals surface area contributed by atoms with Gasteiger partial charge in [0.1, 0.15) is 0 Å². The largest absolute Gasteiger partial charge is 0.393 e. The van der Waals surface area contributed by atoms with Crippen LogP contribution < -0.4 is 11.1 Å². The van der Waals surface area contributed by atoms with E-state index in [1.807, 2.05) is 6.92 Å². The second-order valence-corrected chi connectivity index (χ2v) is 4.98. The van der Waals surface area contributed by atoms with Gasteiger partial charge in [-0.25, -0.2) is 0 Å². The second-order valence-electron chi connectivity index (χ2n) is 3.64. The number of thiocarbonyl (C=S) groups is 1. The van der Waals surface area contributed by atoms with Crippen molar-refractivity contribution in [1.82, 2.24) is 5.32 Å². The quantitative estimate of drug-likeness (QED) is 0.839. The summed E-state index contributed by atoms with van der Waals surface area (Å²) in [4.78, 5) is 12.3. The van der Waals surface area contributed by atoms with Crippen LogP contribution in [-0.2, 0) is 0 Å². The van der Waals surface area contributed by atoms with E-state index in [1.54, 1.807) is 18.2 Å². The van der Waals surface area contributed by atoms with Crippen molar-refractivity contribution in [2.24, 2.45) is 5.73 Å². The Balaban J connectivity index is 2.80. The van der Waals surface area contributed by atoms with Crippen LogP contribution in [0.5, 0.6) is 0 Å². The van der Waals surface area contributed by atoms with Crippen LogP contribution >= 0.6 is 35.4 Å². The number of rotatable bonds is 4. The zero-order valence-electron chi connectivity index (χ0n) is 9.17. The standard InChI is InChI=1S/C11H12Cl2N2OS/c1-6(5-9(14)17)15-11(16)10-7(12)3-2-4-8(10)13/h2-4,6H,5H2,1H3,(H2,14,17)(H,15,16). The van der Waals surface area contributed by atoms with E-state index >= 15 is 0 Å². The van der Waals surface area contributed by atoms with Gasteiger partial charge in [-0.2, -0.15) is 0 Å². The van der Waals surface area contributed by atoms with Crippen molar-refractivity contribution in [3.8, 4) is 0 Å². The average molecular weight is 291 g/mol. The van der Waals surface area contributed by atoms with Gasteiger partial charge in [0, 0.05) is 12.5 Å². The van der Waals surface area contributed by atoms with Gasteiger partial charge >= 0.3 is 0 Å². The van der Waals surface area contributed by atoms with E-state index in [2.05, 4.69) is 5.32 Å². The van der Waals surface area contributed by atoms with Crippen molar-refractivity contribution in [3.63, 3.8) is 0 Å². The minimum atomic E-state index is -0.329. The maximum Gasteiger partial charge on any atom is 0.254 e. The highest BCUT2D eigenvalue weighted by atomic mass is 35.5. The van der Waals surface area contributed by atoms with Gasteiger partial charge < -0.3 is 11.1 Å². The Morgan fingerprint density at radius 1 is 1.47 bits per heavy atom.